The van der Waals surface area contributed by atoms with Crippen LogP contribution in [0.1, 0.15) is 51.9 Å². The third-order valence-corrected chi connectivity index (χ3v) is 9.86. The van der Waals surface area contributed by atoms with Crippen LogP contribution in [0.2, 0.25) is 0 Å². The van der Waals surface area contributed by atoms with Gasteiger partial charge in [-0.15, -0.1) is 5.10 Å². The Morgan fingerprint density at radius 3 is 2.41 bits per heavy atom. The van der Waals surface area contributed by atoms with Crippen LogP contribution in [0.15, 0.2) is 127 Å². The van der Waals surface area contributed by atoms with E-state index in [1.165, 1.54) is 11.8 Å². The number of benzene rings is 4. The van der Waals surface area contributed by atoms with Crippen molar-refractivity contribution in [3.05, 3.63) is 149 Å². The van der Waals surface area contributed by atoms with E-state index < -0.39 is 6.29 Å². The summed E-state index contributed by atoms with van der Waals surface area (Å²) < 4.78 is 15.0. The van der Waals surface area contributed by atoms with E-state index in [9.17, 15) is 15.0 Å². The molecule has 1 saturated heterocycles. The molecule has 3 N–H and O–H groups in total. The number of rotatable bonds is 11. The van der Waals surface area contributed by atoms with Gasteiger partial charge in [0.25, 0.3) is 5.91 Å². The molecule has 0 aliphatic carbocycles. The van der Waals surface area contributed by atoms with E-state index >= 15 is 0 Å². The number of phenolic OH excluding ortho intramolecular Hbond substituents is 1. The monoisotopic (exact) mass is 700 g/mol. The number of thioether (sulfide) groups is 1. The Morgan fingerprint density at radius 1 is 0.882 bits per heavy atom. The van der Waals surface area contributed by atoms with Crippen molar-refractivity contribution < 1.29 is 24.5 Å². The van der Waals surface area contributed by atoms with E-state index in [4.69, 9.17) is 9.47 Å². The second-order valence-corrected chi connectivity index (χ2v) is 13.3. The van der Waals surface area contributed by atoms with Gasteiger partial charge in [0.1, 0.15) is 5.75 Å². The number of carbonyl (C=O) groups is 1. The fourth-order valence-electron chi connectivity index (χ4n) is 5.97. The SMILES string of the molecule is CC1C(CSc2nnnn2-c2ccc(O)cc2)OC(c2ccc(-c3cccc(CNC(=O)c4cccnc4)c3)cc2)OC1c1ccc(CO)cc1. The lowest BCUT2D eigenvalue weighted by Crippen LogP contribution is -2.38. The minimum absolute atomic E-state index is 0.0209. The van der Waals surface area contributed by atoms with Crippen LogP contribution in [0.5, 0.6) is 5.75 Å². The van der Waals surface area contributed by atoms with Gasteiger partial charge in [0, 0.05) is 36.2 Å². The third kappa shape index (κ3) is 8.00. The fraction of sp³-hybridized carbons (Fsp3) is 0.205. The molecule has 4 aromatic carbocycles. The van der Waals surface area contributed by atoms with E-state index in [0.29, 0.717) is 23.0 Å². The number of nitrogens with one attached hydrogen (secondary N) is 1. The molecule has 11 nitrogen and oxygen atoms in total. The van der Waals surface area contributed by atoms with Crippen molar-refractivity contribution in [1.82, 2.24) is 30.5 Å². The molecular weight excluding hydrogens is 665 g/mol. The van der Waals surface area contributed by atoms with Crippen LogP contribution in [0.3, 0.4) is 0 Å². The van der Waals surface area contributed by atoms with Gasteiger partial charge in [-0.1, -0.05) is 85.4 Å². The summed E-state index contributed by atoms with van der Waals surface area (Å²) in [5.41, 5.74) is 7.00. The number of aromatic hydroxyl groups is 1. The maximum Gasteiger partial charge on any atom is 0.253 e. The first kappa shape index (κ1) is 34.1. The van der Waals surface area contributed by atoms with E-state index in [2.05, 4.69) is 38.8 Å². The highest BCUT2D eigenvalue weighted by atomic mass is 32.2. The summed E-state index contributed by atoms with van der Waals surface area (Å²) in [6.07, 6.45) is 2.06. The fourth-order valence-corrected chi connectivity index (χ4v) is 7.02. The van der Waals surface area contributed by atoms with Gasteiger partial charge in [0.15, 0.2) is 6.29 Å². The number of hydrogen-bond acceptors (Lipinski definition) is 10. The minimum Gasteiger partial charge on any atom is -0.508 e. The molecule has 258 valence electrons. The summed E-state index contributed by atoms with van der Waals surface area (Å²) in [5.74, 6) is 0.536. The van der Waals surface area contributed by atoms with Gasteiger partial charge in [-0.2, -0.15) is 4.68 Å². The van der Waals surface area contributed by atoms with E-state index in [1.54, 1.807) is 53.5 Å². The zero-order chi connectivity index (χ0) is 35.2. The molecule has 1 fully saturated rings. The van der Waals surface area contributed by atoms with Crippen molar-refractivity contribution in [3.63, 3.8) is 0 Å². The van der Waals surface area contributed by atoms with Gasteiger partial charge in [0.05, 0.1) is 30.1 Å². The lowest BCUT2D eigenvalue weighted by Gasteiger charge is -2.41. The summed E-state index contributed by atoms with van der Waals surface area (Å²) in [6.45, 7) is 2.48. The average Bonchev–Trinajstić information content (AvgIpc) is 3.66. The molecule has 7 rings (SSSR count). The molecule has 6 aromatic rings. The van der Waals surface area contributed by atoms with Gasteiger partial charge < -0.3 is 25.0 Å². The summed E-state index contributed by atoms with van der Waals surface area (Å²) in [4.78, 5) is 16.5. The summed E-state index contributed by atoms with van der Waals surface area (Å²) in [6, 6.07) is 34.2. The van der Waals surface area contributed by atoms with Crippen molar-refractivity contribution in [3.8, 4) is 22.6 Å². The van der Waals surface area contributed by atoms with Crippen LogP contribution in [-0.4, -0.2) is 53.2 Å². The number of ether oxygens (including phenoxy) is 2. The molecule has 1 aliphatic rings. The van der Waals surface area contributed by atoms with Crippen LogP contribution in [-0.2, 0) is 22.6 Å². The number of phenols is 1. The maximum atomic E-state index is 12.5. The number of amides is 1. The predicted molar refractivity (Wildman–Crippen MR) is 192 cm³/mol. The molecule has 0 saturated carbocycles. The first-order valence-corrected chi connectivity index (χ1v) is 17.5. The van der Waals surface area contributed by atoms with Crippen LogP contribution >= 0.6 is 11.8 Å². The maximum absolute atomic E-state index is 12.5. The van der Waals surface area contributed by atoms with Gasteiger partial charge in [-0.25, -0.2) is 0 Å². The summed E-state index contributed by atoms with van der Waals surface area (Å²) in [5, 5.41) is 35.2. The number of tetrazole rings is 1. The zero-order valence-electron chi connectivity index (χ0n) is 27.7. The number of pyridine rings is 1. The van der Waals surface area contributed by atoms with E-state index in [0.717, 1.165) is 39.1 Å². The molecule has 12 heteroatoms. The Kier molecular flexibility index (Phi) is 10.5. The summed E-state index contributed by atoms with van der Waals surface area (Å²) >= 11 is 1.49. The molecule has 0 bridgehead atoms. The van der Waals surface area contributed by atoms with Gasteiger partial charge in [-0.3, -0.25) is 9.78 Å². The van der Waals surface area contributed by atoms with Crippen LogP contribution < -0.4 is 5.32 Å². The number of aliphatic hydroxyl groups is 1. The van der Waals surface area contributed by atoms with E-state index in [1.807, 2.05) is 66.7 Å². The van der Waals surface area contributed by atoms with Crippen LogP contribution in [0, 0.1) is 5.92 Å². The van der Waals surface area contributed by atoms with Gasteiger partial charge in [0.2, 0.25) is 5.16 Å². The van der Waals surface area contributed by atoms with Gasteiger partial charge in [-0.05, 0) is 80.7 Å². The highest BCUT2D eigenvalue weighted by Crippen LogP contribution is 2.43. The molecule has 51 heavy (non-hydrogen) atoms. The Balaban J connectivity index is 1.08. The van der Waals surface area contributed by atoms with E-state index in [-0.39, 0.29) is 36.4 Å². The molecule has 0 spiro atoms. The molecule has 2 aromatic heterocycles. The molecular formula is C39H36N6O5S. The first-order chi connectivity index (χ1) is 24.9. The number of carbonyl (C=O) groups excluding carboxylic acids is 1. The normalized spacial score (nSPS) is 18.7. The standard InChI is InChI=1S/C39H36N6O5S/c1-25-35(24-51-39-42-43-44-45(39)33-15-17-34(47)18-16-33)49-38(50-36(25)29-9-7-26(23-46)8-10-29)30-13-11-28(12-14-30)31-5-2-4-27(20-31)21-41-37(48)32-6-3-19-40-22-32/h2-20,22,25,35-36,38,46-47H,21,23-24H2,1H3,(H,41,48). The molecule has 1 aliphatic heterocycles. The number of aliphatic hydroxyl groups excluding tert-OH is 1. The Bertz CT molecular complexity index is 2060. The second kappa shape index (κ2) is 15.7. The lowest BCUT2D eigenvalue weighted by atomic mass is 9.91. The van der Waals surface area contributed by atoms with Crippen molar-refractivity contribution >= 4 is 17.7 Å². The smallest absolute Gasteiger partial charge is 0.253 e. The average molecular weight is 701 g/mol. The number of aromatic nitrogens is 5. The van der Waals surface area contributed by atoms with Gasteiger partial charge >= 0.3 is 0 Å². The Morgan fingerprint density at radius 2 is 1.67 bits per heavy atom. The Labute approximate surface area is 299 Å². The zero-order valence-corrected chi connectivity index (χ0v) is 28.6. The number of nitrogens with zero attached hydrogens (tertiary/aromatic N) is 5. The highest BCUT2D eigenvalue weighted by molar-refractivity contribution is 7.99. The lowest BCUT2D eigenvalue weighted by molar-refractivity contribution is -0.268. The molecule has 0 radical (unpaired) electrons. The van der Waals surface area contributed by atoms with Crippen molar-refractivity contribution in [1.29, 1.82) is 0 Å². The van der Waals surface area contributed by atoms with Crippen molar-refractivity contribution in [2.24, 2.45) is 5.92 Å². The molecule has 1 amide bonds. The highest BCUT2D eigenvalue weighted by Gasteiger charge is 2.38. The summed E-state index contributed by atoms with van der Waals surface area (Å²) in [7, 11) is 0. The number of hydrogen-bond donors (Lipinski definition) is 3. The second-order valence-electron chi connectivity index (χ2n) is 12.3. The molecule has 3 heterocycles. The quantitative estimate of drug-likeness (QED) is 0.129. The third-order valence-electron chi connectivity index (χ3n) is 8.86. The molecule has 4 atom stereocenters. The predicted octanol–water partition coefficient (Wildman–Crippen LogP) is 6.44. The van der Waals surface area contributed by atoms with Crippen LogP contribution in [0.4, 0.5) is 0 Å². The Hall–Kier alpha value is -5.40. The minimum atomic E-state index is -0.634. The first-order valence-electron chi connectivity index (χ1n) is 16.5. The largest absolute Gasteiger partial charge is 0.508 e. The van der Waals surface area contributed by atoms with Crippen molar-refractivity contribution in [2.75, 3.05) is 5.75 Å². The molecule has 4 unspecified atom stereocenters. The topological polar surface area (TPSA) is 145 Å². The van der Waals surface area contributed by atoms with Crippen molar-refractivity contribution in [2.45, 2.75) is 43.7 Å². The van der Waals surface area contributed by atoms with Crippen LogP contribution in [0.25, 0.3) is 16.8 Å².